The molecule has 44 heavy (non-hydrogen) atoms. The highest BCUT2D eigenvalue weighted by Gasteiger charge is 2.30. The van der Waals surface area contributed by atoms with Gasteiger partial charge >= 0.3 is 6.03 Å². The number of hydrogen-bond acceptors (Lipinski definition) is 5. The van der Waals surface area contributed by atoms with Crippen molar-refractivity contribution in [1.29, 1.82) is 0 Å². The van der Waals surface area contributed by atoms with E-state index in [9.17, 15) is 18.8 Å². The van der Waals surface area contributed by atoms with Gasteiger partial charge in [0.05, 0.1) is 6.61 Å². The highest BCUT2D eigenvalue weighted by Crippen LogP contribution is 2.16. The molecule has 9 heteroatoms. The first-order valence-electron chi connectivity index (χ1n) is 14.6. The standard InChI is InChI=1S/C35H37FN4O4/c1-2-44-31-18-14-26(15-19-31)22-32(39-33(41)29-6-4-3-5-7-29)34(42)40(21-20-25-12-16-30(36)17-13-25)35(43)38-24-28-10-8-27(23-37)9-11-28/h3-19,32H,2,20-24,37H2,1H3,(H,38,43)(H,39,41)/t32-/m1/s1. The largest absolute Gasteiger partial charge is 0.494 e. The lowest BCUT2D eigenvalue weighted by Crippen LogP contribution is -2.54. The first-order chi connectivity index (χ1) is 21.4. The molecular formula is C35H37FN4O4. The molecule has 1 atom stereocenters. The monoisotopic (exact) mass is 596 g/mol. The van der Waals surface area contributed by atoms with E-state index < -0.39 is 23.9 Å². The van der Waals surface area contributed by atoms with E-state index in [4.69, 9.17) is 10.5 Å². The molecule has 4 aromatic rings. The third-order valence-electron chi connectivity index (χ3n) is 7.06. The van der Waals surface area contributed by atoms with Gasteiger partial charge in [-0.1, -0.05) is 66.7 Å². The van der Waals surface area contributed by atoms with Crippen LogP contribution in [0.5, 0.6) is 5.75 Å². The molecule has 0 fully saturated rings. The predicted octanol–water partition coefficient (Wildman–Crippen LogP) is 5.01. The first kappa shape index (κ1) is 31.9. The molecule has 0 aliphatic carbocycles. The Labute approximate surface area is 257 Å². The van der Waals surface area contributed by atoms with Gasteiger partial charge in [-0.3, -0.25) is 14.5 Å². The second kappa shape index (κ2) is 16.0. The summed E-state index contributed by atoms with van der Waals surface area (Å²) in [6.45, 7) is 3.02. The van der Waals surface area contributed by atoms with Crippen LogP contribution in [0, 0.1) is 5.82 Å². The van der Waals surface area contributed by atoms with Gasteiger partial charge in [-0.05, 0) is 72.0 Å². The van der Waals surface area contributed by atoms with Crippen LogP contribution in [-0.2, 0) is 30.7 Å². The molecule has 0 aromatic heterocycles. The Bertz CT molecular complexity index is 1510. The van der Waals surface area contributed by atoms with Crippen LogP contribution in [0.25, 0.3) is 0 Å². The first-order valence-corrected chi connectivity index (χ1v) is 14.6. The Kier molecular flexibility index (Phi) is 11.6. The van der Waals surface area contributed by atoms with Gasteiger partial charge in [0.25, 0.3) is 11.8 Å². The van der Waals surface area contributed by atoms with Crippen LogP contribution in [0.4, 0.5) is 9.18 Å². The zero-order valence-electron chi connectivity index (χ0n) is 24.7. The molecule has 4 rings (SSSR count). The van der Waals surface area contributed by atoms with E-state index in [2.05, 4.69) is 10.6 Å². The summed E-state index contributed by atoms with van der Waals surface area (Å²) in [5.41, 5.74) is 9.41. The summed E-state index contributed by atoms with van der Waals surface area (Å²) in [5.74, 6) is -0.693. The molecule has 0 radical (unpaired) electrons. The number of carbonyl (C=O) groups excluding carboxylic acids is 3. The molecule has 228 valence electrons. The summed E-state index contributed by atoms with van der Waals surface area (Å²) in [6.07, 6.45) is 0.442. The number of nitrogens with one attached hydrogen (secondary N) is 2. The minimum atomic E-state index is -1.05. The lowest BCUT2D eigenvalue weighted by atomic mass is 10.0. The van der Waals surface area contributed by atoms with Crippen LogP contribution in [0.15, 0.2) is 103 Å². The topological polar surface area (TPSA) is 114 Å². The average molecular weight is 597 g/mol. The van der Waals surface area contributed by atoms with Gasteiger partial charge in [-0.15, -0.1) is 0 Å². The van der Waals surface area contributed by atoms with E-state index in [1.165, 1.54) is 12.1 Å². The highest BCUT2D eigenvalue weighted by molar-refractivity contribution is 6.01. The third-order valence-corrected chi connectivity index (χ3v) is 7.06. The van der Waals surface area contributed by atoms with Crippen molar-refractivity contribution in [3.63, 3.8) is 0 Å². The van der Waals surface area contributed by atoms with E-state index >= 15 is 0 Å². The van der Waals surface area contributed by atoms with Crippen molar-refractivity contribution in [3.05, 3.63) is 137 Å². The Morgan fingerprint density at radius 3 is 2.07 bits per heavy atom. The van der Waals surface area contributed by atoms with E-state index in [0.29, 0.717) is 30.9 Å². The van der Waals surface area contributed by atoms with Gasteiger partial charge in [0.15, 0.2) is 0 Å². The third kappa shape index (κ3) is 9.24. The fourth-order valence-electron chi connectivity index (χ4n) is 4.61. The number of halogens is 1. The fourth-order valence-corrected chi connectivity index (χ4v) is 4.61. The molecule has 0 aliphatic heterocycles. The van der Waals surface area contributed by atoms with Gasteiger partial charge in [0.1, 0.15) is 17.6 Å². The Morgan fingerprint density at radius 1 is 0.818 bits per heavy atom. The van der Waals surface area contributed by atoms with Crippen LogP contribution >= 0.6 is 0 Å². The van der Waals surface area contributed by atoms with Crippen molar-refractivity contribution in [2.45, 2.75) is 38.9 Å². The van der Waals surface area contributed by atoms with Crippen LogP contribution in [0.2, 0.25) is 0 Å². The van der Waals surface area contributed by atoms with Crippen molar-refractivity contribution in [1.82, 2.24) is 15.5 Å². The summed E-state index contributed by atoms with van der Waals surface area (Å²) in [7, 11) is 0. The van der Waals surface area contributed by atoms with Crippen molar-refractivity contribution in [2.75, 3.05) is 13.2 Å². The van der Waals surface area contributed by atoms with Crippen molar-refractivity contribution in [2.24, 2.45) is 5.73 Å². The normalized spacial score (nSPS) is 11.3. The Balaban J connectivity index is 1.58. The smallest absolute Gasteiger partial charge is 0.324 e. The lowest BCUT2D eigenvalue weighted by molar-refractivity contribution is -0.130. The van der Waals surface area contributed by atoms with Crippen LogP contribution in [0.3, 0.4) is 0 Å². The maximum absolute atomic E-state index is 14.1. The Morgan fingerprint density at radius 2 is 1.43 bits per heavy atom. The van der Waals surface area contributed by atoms with E-state index in [1.54, 1.807) is 54.6 Å². The van der Waals surface area contributed by atoms with Crippen molar-refractivity contribution in [3.8, 4) is 5.75 Å². The summed E-state index contributed by atoms with van der Waals surface area (Å²) in [5, 5.41) is 5.68. The zero-order chi connectivity index (χ0) is 31.3. The summed E-state index contributed by atoms with van der Waals surface area (Å²) in [6, 6.07) is 27.6. The number of urea groups is 1. The lowest BCUT2D eigenvalue weighted by Gasteiger charge is -2.27. The number of carbonyl (C=O) groups is 3. The number of benzene rings is 4. The van der Waals surface area contributed by atoms with Gasteiger partial charge in [0, 0.05) is 31.6 Å². The van der Waals surface area contributed by atoms with Crippen LogP contribution in [-0.4, -0.2) is 41.9 Å². The number of amides is 4. The number of hydrogen-bond donors (Lipinski definition) is 3. The number of ether oxygens (including phenoxy) is 1. The second-order valence-electron chi connectivity index (χ2n) is 10.2. The van der Waals surface area contributed by atoms with Gasteiger partial charge in [0.2, 0.25) is 0 Å². The molecule has 4 N–H and O–H groups in total. The van der Waals surface area contributed by atoms with E-state index in [1.807, 2.05) is 43.3 Å². The quantitative estimate of drug-likeness (QED) is 0.201. The Hall–Kier alpha value is -5.02. The average Bonchev–Trinajstić information content (AvgIpc) is 3.06. The van der Waals surface area contributed by atoms with Gasteiger partial charge < -0.3 is 21.1 Å². The fraction of sp³-hybridized carbons (Fsp3) is 0.229. The van der Waals surface area contributed by atoms with Gasteiger partial charge in [-0.25, -0.2) is 9.18 Å². The zero-order valence-corrected chi connectivity index (χ0v) is 24.7. The summed E-state index contributed by atoms with van der Waals surface area (Å²) < 4.78 is 19.0. The second-order valence-corrected chi connectivity index (χ2v) is 10.2. The molecule has 0 bridgehead atoms. The number of imide groups is 1. The molecule has 0 spiro atoms. The maximum Gasteiger partial charge on any atom is 0.324 e. The van der Waals surface area contributed by atoms with Crippen molar-refractivity contribution >= 4 is 17.8 Å². The van der Waals surface area contributed by atoms with Gasteiger partial charge in [-0.2, -0.15) is 0 Å². The predicted molar refractivity (Wildman–Crippen MR) is 167 cm³/mol. The maximum atomic E-state index is 14.1. The SMILES string of the molecule is CCOc1ccc(C[C@@H](NC(=O)c2ccccc2)C(=O)N(CCc2ccc(F)cc2)C(=O)NCc2ccc(CN)cc2)cc1. The van der Waals surface area contributed by atoms with E-state index in [0.717, 1.165) is 27.2 Å². The molecule has 0 saturated heterocycles. The molecule has 0 saturated carbocycles. The molecule has 4 amide bonds. The molecule has 4 aromatic carbocycles. The van der Waals surface area contributed by atoms with Crippen LogP contribution in [0.1, 0.15) is 39.5 Å². The number of nitrogens with zero attached hydrogens (tertiary/aromatic N) is 1. The molecular weight excluding hydrogens is 559 g/mol. The minimum Gasteiger partial charge on any atom is -0.494 e. The molecule has 0 unspecified atom stereocenters. The number of nitrogens with two attached hydrogens (primary N) is 1. The number of rotatable bonds is 13. The van der Waals surface area contributed by atoms with E-state index in [-0.39, 0.29) is 25.3 Å². The van der Waals surface area contributed by atoms with Crippen molar-refractivity contribution < 1.29 is 23.5 Å². The molecule has 0 aliphatic rings. The summed E-state index contributed by atoms with van der Waals surface area (Å²) in [4.78, 5) is 42.0. The highest BCUT2D eigenvalue weighted by atomic mass is 19.1. The molecule has 8 nitrogen and oxygen atoms in total. The molecule has 0 heterocycles. The summed E-state index contributed by atoms with van der Waals surface area (Å²) >= 11 is 0. The van der Waals surface area contributed by atoms with Crippen LogP contribution < -0.4 is 21.1 Å². The minimum absolute atomic E-state index is 0.0173.